The van der Waals surface area contributed by atoms with E-state index in [-0.39, 0.29) is 51.6 Å². The minimum atomic E-state index is -4.65. The number of aromatic amines is 1. The van der Waals surface area contributed by atoms with Crippen LogP contribution in [-0.4, -0.2) is 108 Å². The van der Waals surface area contributed by atoms with Crippen molar-refractivity contribution in [3.05, 3.63) is 136 Å². The van der Waals surface area contributed by atoms with Gasteiger partial charge in [-0.05, 0) is 129 Å². The third kappa shape index (κ3) is 11.2. The summed E-state index contributed by atoms with van der Waals surface area (Å²) in [5, 5.41) is 25.9. The van der Waals surface area contributed by atoms with Crippen LogP contribution in [0.15, 0.2) is 102 Å². The number of halogens is 1. The van der Waals surface area contributed by atoms with Gasteiger partial charge in [-0.1, -0.05) is 44.2 Å². The number of ether oxygens (including phenoxy) is 3. The molecular formula is C58H67FN8O9S. The van der Waals surface area contributed by atoms with Crippen molar-refractivity contribution in [1.82, 2.24) is 24.5 Å². The molecule has 6 aromatic rings. The molecule has 4 heterocycles. The molecule has 5 fully saturated rings. The molecule has 3 aliphatic carbocycles. The fraction of sp³-hybridized carbons (Fsp3) is 0.448. The Hall–Kier alpha value is -6.80. The van der Waals surface area contributed by atoms with E-state index in [1.54, 1.807) is 26.2 Å². The Balaban J connectivity index is 0.791. The van der Waals surface area contributed by atoms with Crippen molar-refractivity contribution in [3.63, 3.8) is 0 Å². The molecule has 1 amide bonds. The van der Waals surface area contributed by atoms with Gasteiger partial charge in [-0.2, -0.15) is 0 Å². The highest BCUT2D eigenvalue weighted by Gasteiger charge is 2.55. The smallest absolute Gasteiger partial charge is 0.293 e. The van der Waals surface area contributed by atoms with Gasteiger partial charge in [0.1, 0.15) is 28.7 Å². The van der Waals surface area contributed by atoms with Gasteiger partial charge < -0.3 is 34.5 Å². The maximum Gasteiger partial charge on any atom is 0.293 e. The first kappa shape index (κ1) is 52.3. The summed E-state index contributed by atoms with van der Waals surface area (Å²) in [5.74, 6) is 0.681. The molecular weight excluding hydrogens is 1000 g/mol. The zero-order chi connectivity index (χ0) is 53.8. The number of nitrogens with one attached hydrogen (secondary N) is 3. The van der Waals surface area contributed by atoms with Crippen molar-refractivity contribution < 1.29 is 41.8 Å². The number of benzene rings is 4. The van der Waals surface area contributed by atoms with Gasteiger partial charge in [0.05, 0.1) is 45.8 Å². The molecule has 2 saturated heterocycles. The number of methoxy groups -OCH3 is 1. The number of H-pyrrole nitrogens is 1. The highest BCUT2D eigenvalue weighted by molar-refractivity contribution is 7.90. The van der Waals surface area contributed by atoms with Crippen molar-refractivity contribution in [2.24, 2.45) is 11.3 Å². The molecule has 2 aliphatic heterocycles. The molecule has 4 aromatic carbocycles. The minimum Gasteiger partial charge on any atom is -0.493 e. The fourth-order valence-electron chi connectivity index (χ4n) is 12.1. The summed E-state index contributed by atoms with van der Waals surface area (Å²) in [6, 6.07) is 25.6. The number of amides is 1. The van der Waals surface area contributed by atoms with Gasteiger partial charge >= 0.3 is 0 Å². The molecule has 406 valence electrons. The van der Waals surface area contributed by atoms with E-state index in [1.165, 1.54) is 53.3 Å². The van der Waals surface area contributed by atoms with E-state index in [4.69, 9.17) is 14.2 Å². The van der Waals surface area contributed by atoms with Crippen LogP contribution in [0.25, 0.3) is 11.0 Å². The van der Waals surface area contributed by atoms with E-state index in [0.29, 0.717) is 37.0 Å². The first-order valence-corrected chi connectivity index (χ1v) is 28.3. The zero-order valence-corrected chi connectivity index (χ0v) is 44.8. The number of carbonyl (C=O) groups is 1. The van der Waals surface area contributed by atoms with Crippen LogP contribution in [-0.2, 0) is 16.6 Å². The number of nitrogens with zero attached hydrogens (tertiary/aromatic N) is 5. The molecule has 0 bridgehead atoms. The Labute approximate surface area is 448 Å². The number of nitro groups is 1. The van der Waals surface area contributed by atoms with Crippen molar-refractivity contribution in [1.29, 1.82) is 0 Å². The number of fused-ring (bicyclic) bond motifs is 1. The van der Waals surface area contributed by atoms with Crippen molar-refractivity contribution in [2.45, 2.75) is 113 Å². The van der Waals surface area contributed by atoms with Crippen molar-refractivity contribution in [3.8, 4) is 23.0 Å². The number of aromatic nitrogens is 2. The molecule has 1 spiro atoms. The average Bonchev–Trinajstić information content (AvgIpc) is 4.17. The van der Waals surface area contributed by atoms with Crippen molar-refractivity contribution >= 4 is 44.0 Å². The maximum absolute atomic E-state index is 14.7. The standard InChI is InChI=1S/C58H67FN8O9S/c1-36(2)44-7-5-6-8-45(44)51-33-64(32-38-9-16-52(74-4)54(23-38)75-41-11-12-41)21-22-66(51)40-27-58(28-40)34-65(35-58)39-10-14-46(53(24-39)76-42-25-47-48(59)31-62-55(47)61-30-42)56(68)63-77(72,73)43-13-15-49(50(26-43)67(70)71)60-29-37-17-19-57(3,69)20-18-37/h5-10,13-16,23-26,30-31,36-37,40-41,51,60,69H,11-12,17-22,27-29,32-35H2,1-4H3,(H,61,62)(H,63,68)/t37-,51-,57-/m0/s1. The van der Waals surface area contributed by atoms with Crippen LogP contribution >= 0.6 is 0 Å². The van der Waals surface area contributed by atoms with E-state index in [2.05, 4.69) is 85.0 Å². The van der Waals surface area contributed by atoms with Gasteiger partial charge in [0, 0.05) is 87.3 Å². The minimum absolute atomic E-state index is 0.0142. The monoisotopic (exact) mass is 1070 g/mol. The van der Waals surface area contributed by atoms with Crippen LogP contribution < -0.4 is 29.1 Å². The summed E-state index contributed by atoms with van der Waals surface area (Å²) in [6.45, 7) is 11.8. The lowest BCUT2D eigenvalue weighted by atomic mass is 9.59. The lowest BCUT2D eigenvalue weighted by Crippen LogP contribution is -2.68. The van der Waals surface area contributed by atoms with Gasteiger partial charge in [0.15, 0.2) is 11.5 Å². The lowest BCUT2D eigenvalue weighted by molar-refractivity contribution is -0.384. The molecule has 11 rings (SSSR count). The number of rotatable bonds is 18. The summed E-state index contributed by atoms with van der Waals surface area (Å²) >= 11 is 0. The average molecular weight is 1070 g/mol. The highest BCUT2D eigenvalue weighted by Crippen LogP contribution is 2.54. The Morgan fingerprint density at radius 2 is 1.75 bits per heavy atom. The van der Waals surface area contributed by atoms with Gasteiger partial charge in [0.2, 0.25) is 0 Å². The van der Waals surface area contributed by atoms with Crippen LogP contribution in [0.2, 0.25) is 0 Å². The zero-order valence-electron chi connectivity index (χ0n) is 44.0. The fourth-order valence-corrected chi connectivity index (χ4v) is 13.0. The number of aliphatic hydroxyl groups is 1. The molecule has 0 unspecified atom stereocenters. The first-order chi connectivity index (χ1) is 36.9. The second kappa shape index (κ2) is 20.9. The normalized spacial score (nSPS) is 21.9. The number of anilines is 2. The third-order valence-corrected chi connectivity index (χ3v) is 17.8. The van der Waals surface area contributed by atoms with Gasteiger partial charge in [-0.15, -0.1) is 0 Å². The summed E-state index contributed by atoms with van der Waals surface area (Å²) in [6.07, 6.45) is 9.76. The number of hydrogen-bond acceptors (Lipinski definition) is 14. The Morgan fingerprint density at radius 1 is 0.974 bits per heavy atom. The summed E-state index contributed by atoms with van der Waals surface area (Å²) in [7, 11) is -2.96. The lowest BCUT2D eigenvalue weighted by Gasteiger charge is -2.63. The molecule has 0 radical (unpaired) electrons. The third-order valence-electron chi connectivity index (χ3n) is 16.5. The summed E-state index contributed by atoms with van der Waals surface area (Å²) in [5.41, 5.74) is 3.91. The van der Waals surface area contributed by atoms with Gasteiger partial charge in [-0.25, -0.2) is 22.5 Å². The van der Waals surface area contributed by atoms with Crippen LogP contribution in [0, 0.1) is 27.3 Å². The Bertz CT molecular complexity index is 3310. The second-order valence-electron chi connectivity index (χ2n) is 22.7. The molecule has 1 atom stereocenters. The molecule has 77 heavy (non-hydrogen) atoms. The van der Waals surface area contributed by atoms with Crippen LogP contribution in [0.3, 0.4) is 0 Å². The van der Waals surface area contributed by atoms with Crippen LogP contribution in [0.4, 0.5) is 21.5 Å². The predicted octanol–water partition coefficient (Wildman–Crippen LogP) is 10.1. The highest BCUT2D eigenvalue weighted by atomic mass is 32.2. The van der Waals surface area contributed by atoms with Crippen LogP contribution in [0.5, 0.6) is 23.0 Å². The topological polar surface area (TPSA) is 205 Å². The second-order valence-corrected chi connectivity index (χ2v) is 24.4. The molecule has 5 aliphatic rings. The number of piperazine rings is 1. The Kier molecular flexibility index (Phi) is 14.2. The van der Waals surface area contributed by atoms with Gasteiger partial charge in [0.25, 0.3) is 21.6 Å². The molecule has 2 aromatic heterocycles. The maximum atomic E-state index is 14.7. The largest absolute Gasteiger partial charge is 0.493 e. The van der Waals surface area contributed by atoms with E-state index < -0.39 is 42.9 Å². The first-order valence-electron chi connectivity index (χ1n) is 26.8. The van der Waals surface area contributed by atoms with E-state index in [1.807, 2.05) is 6.07 Å². The number of nitro benzene ring substituents is 1. The number of sulfonamides is 1. The predicted molar refractivity (Wildman–Crippen MR) is 291 cm³/mol. The van der Waals surface area contributed by atoms with E-state index in [0.717, 1.165) is 101 Å². The quantitative estimate of drug-likeness (QED) is 0.0467. The SMILES string of the molecule is COc1ccc(CN2CCN(C3CC4(C3)CN(c3ccc(C(=O)NS(=O)(=O)c5ccc(NC[C@H]6CC[C@](C)(O)CC6)c([N+](=O)[O-])c5)c(Oc5cnc6[nH]cc(F)c6c5)c3)C4)[C@H](c3ccccc3C(C)C)C2)cc1OC1CC1. The number of pyridine rings is 1. The van der Waals surface area contributed by atoms with E-state index in [9.17, 15) is 32.8 Å². The molecule has 19 heteroatoms. The van der Waals surface area contributed by atoms with Crippen molar-refractivity contribution in [2.75, 3.05) is 56.6 Å². The summed E-state index contributed by atoms with van der Waals surface area (Å²) < 4.78 is 62.7. The van der Waals surface area contributed by atoms with Gasteiger partial charge in [-0.3, -0.25) is 24.7 Å². The summed E-state index contributed by atoms with van der Waals surface area (Å²) in [4.78, 5) is 39.8. The van der Waals surface area contributed by atoms with E-state index >= 15 is 0 Å². The molecule has 3 saturated carbocycles. The molecule has 4 N–H and O–H groups in total. The number of carbonyl (C=O) groups excluding carboxylic acids is 1. The molecule has 17 nitrogen and oxygen atoms in total. The van der Waals surface area contributed by atoms with Crippen LogP contribution in [0.1, 0.15) is 111 Å². The Morgan fingerprint density at radius 3 is 2.49 bits per heavy atom. The number of hydrogen-bond donors (Lipinski definition) is 4.